The van der Waals surface area contributed by atoms with Gasteiger partial charge in [0, 0.05) is 6.61 Å². The zero-order chi connectivity index (χ0) is 11.1. The second-order valence-corrected chi connectivity index (χ2v) is 4.11. The summed E-state index contributed by atoms with van der Waals surface area (Å²) in [6.45, 7) is 5.29. The number of rotatable bonds is 6. The molecule has 84 valence electrons. The van der Waals surface area contributed by atoms with Crippen molar-refractivity contribution in [3.8, 4) is 5.75 Å². The third-order valence-corrected chi connectivity index (χ3v) is 2.31. The second-order valence-electron chi connectivity index (χ2n) is 4.11. The van der Waals surface area contributed by atoms with Gasteiger partial charge in [0.25, 0.3) is 0 Å². The van der Waals surface area contributed by atoms with E-state index in [-0.39, 0.29) is 6.61 Å². The molecule has 0 aromatic heterocycles. The van der Waals surface area contributed by atoms with Crippen molar-refractivity contribution in [2.24, 2.45) is 5.92 Å². The highest BCUT2D eigenvalue weighted by Crippen LogP contribution is 2.18. The molecule has 2 nitrogen and oxygen atoms in total. The van der Waals surface area contributed by atoms with Crippen molar-refractivity contribution in [2.75, 3.05) is 13.2 Å². The molecule has 1 rings (SSSR count). The van der Waals surface area contributed by atoms with Crippen LogP contribution in [0.1, 0.15) is 25.8 Å². The fourth-order valence-corrected chi connectivity index (χ4v) is 1.38. The van der Waals surface area contributed by atoms with E-state index in [1.807, 2.05) is 24.3 Å². The molecule has 0 aliphatic heterocycles. The van der Waals surface area contributed by atoms with Gasteiger partial charge in [-0.05, 0) is 30.4 Å². The van der Waals surface area contributed by atoms with E-state index in [1.54, 1.807) is 0 Å². The third-order valence-electron chi connectivity index (χ3n) is 2.31. The van der Waals surface area contributed by atoms with Gasteiger partial charge in [-0.1, -0.05) is 32.0 Å². The zero-order valence-corrected chi connectivity index (χ0v) is 9.57. The molecule has 0 unspecified atom stereocenters. The summed E-state index contributed by atoms with van der Waals surface area (Å²) in [5.41, 5.74) is 1.09. The predicted octanol–water partition coefficient (Wildman–Crippen LogP) is 2.65. The molecule has 0 fully saturated rings. The van der Waals surface area contributed by atoms with E-state index in [0.29, 0.717) is 12.3 Å². The van der Waals surface area contributed by atoms with Gasteiger partial charge in [0.15, 0.2) is 0 Å². The molecule has 0 spiro atoms. The minimum absolute atomic E-state index is 0.171. The van der Waals surface area contributed by atoms with Gasteiger partial charge < -0.3 is 9.84 Å². The van der Waals surface area contributed by atoms with Gasteiger partial charge in [0.2, 0.25) is 0 Å². The van der Waals surface area contributed by atoms with Gasteiger partial charge in [-0.15, -0.1) is 0 Å². The number of hydrogen-bond acceptors (Lipinski definition) is 2. The van der Waals surface area contributed by atoms with Crippen molar-refractivity contribution >= 4 is 0 Å². The van der Waals surface area contributed by atoms with Crippen LogP contribution in [0.3, 0.4) is 0 Å². The minimum Gasteiger partial charge on any atom is -0.493 e. The molecular weight excluding hydrogens is 188 g/mol. The number of aliphatic hydroxyl groups is 1. The molecule has 0 bridgehead atoms. The van der Waals surface area contributed by atoms with Crippen LogP contribution in [-0.4, -0.2) is 18.3 Å². The second kappa shape index (κ2) is 6.46. The Morgan fingerprint density at radius 1 is 1.27 bits per heavy atom. The van der Waals surface area contributed by atoms with Gasteiger partial charge >= 0.3 is 0 Å². The van der Waals surface area contributed by atoms with Crippen LogP contribution in [-0.2, 0) is 6.42 Å². The first-order valence-electron chi connectivity index (χ1n) is 5.55. The quantitative estimate of drug-likeness (QED) is 0.778. The van der Waals surface area contributed by atoms with Crippen LogP contribution in [0.2, 0.25) is 0 Å². The first kappa shape index (κ1) is 12.1. The number of para-hydroxylation sites is 1. The molecule has 2 heteroatoms. The summed E-state index contributed by atoms with van der Waals surface area (Å²) in [4.78, 5) is 0. The Kier molecular flexibility index (Phi) is 5.19. The number of hydrogen-bond donors (Lipinski definition) is 1. The zero-order valence-electron chi connectivity index (χ0n) is 9.57. The normalized spacial score (nSPS) is 10.7. The highest BCUT2D eigenvalue weighted by atomic mass is 16.5. The molecule has 0 aliphatic rings. The van der Waals surface area contributed by atoms with Crippen LogP contribution in [0.5, 0.6) is 5.75 Å². The van der Waals surface area contributed by atoms with Crippen LogP contribution in [0.15, 0.2) is 24.3 Å². The Hall–Kier alpha value is -1.02. The standard InChI is InChI=1S/C13H20O2/c1-11(2)8-10-15-13-6-4-3-5-12(13)7-9-14/h3-6,11,14H,7-10H2,1-2H3. The summed E-state index contributed by atoms with van der Waals surface area (Å²) in [5, 5.41) is 8.90. The molecule has 0 heterocycles. The summed E-state index contributed by atoms with van der Waals surface area (Å²) < 4.78 is 5.69. The molecule has 0 saturated carbocycles. The topological polar surface area (TPSA) is 29.5 Å². The molecule has 0 radical (unpaired) electrons. The summed E-state index contributed by atoms with van der Waals surface area (Å²) in [6, 6.07) is 7.90. The first-order chi connectivity index (χ1) is 7.24. The molecule has 0 atom stereocenters. The molecule has 0 aliphatic carbocycles. The third kappa shape index (κ3) is 4.34. The van der Waals surface area contributed by atoms with E-state index in [4.69, 9.17) is 9.84 Å². The Bertz CT molecular complexity index is 282. The van der Waals surface area contributed by atoms with Crippen molar-refractivity contribution in [2.45, 2.75) is 26.7 Å². The van der Waals surface area contributed by atoms with Crippen molar-refractivity contribution in [3.63, 3.8) is 0 Å². The summed E-state index contributed by atoms with van der Waals surface area (Å²) >= 11 is 0. The van der Waals surface area contributed by atoms with Crippen molar-refractivity contribution in [3.05, 3.63) is 29.8 Å². The van der Waals surface area contributed by atoms with Crippen LogP contribution >= 0.6 is 0 Å². The van der Waals surface area contributed by atoms with Crippen LogP contribution in [0, 0.1) is 5.92 Å². The van der Waals surface area contributed by atoms with E-state index in [1.165, 1.54) is 0 Å². The van der Waals surface area contributed by atoms with Gasteiger partial charge in [0.1, 0.15) is 5.75 Å². The Morgan fingerprint density at radius 3 is 2.67 bits per heavy atom. The molecular formula is C13H20O2. The maximum atomic E-state index is 8.90. The summed E-state index contributed by atoms with van der Waals surface area (Å²) in [5.74, 6) is 1.57. The van der Waals surface area contributed by atoms with Gasteiger partial charge in [0.05, 0.1) is 6.61 Å². The fraction of sp³-hybridized carbons (Fsp3) is 0.538. The molecule has 15 heavy (non-hydrogen) atoms. The van der Waals surface area contributed by atoms with E-state index in [0.717, 1.165) is 24.3 Å². The molecule has 1 aromatic carbocycles. The SMILES string of the molecule is CC(C)CCOc1ccccc1CCO. The Labute approximate surface area is 91.9 Å². The van der Waals surface area contributed by atoms with Gasteiger partial charge in [-0.2, -0.15) is 0 Å². The van der Waals surface area contributed by atoms with E-state index >= 15 is 0 Å². The average molecular weight is 208 g/mol. The van der Waals surface area contributed by atoms with E-state index < -0.39 is 0 Å². The number of aliphatic hydroxyl groups excluding tert-OH is 1. The lowest BCUT2D eigenvalue weighted by molar-refractivity contribution is 0.276. The summed E-state index contributed by atoms with van der Waals surface area (Å²) in [7, 11) is 0. The van der Waals surface area contributed by atoms with Gasteiger partial charge in [-0.3, -0.25) is 0 Å². The molecule has 1 N–H and O–H groups in total. The first-order valence-corrected chi connectivity index (χ1v) is 5.55. The summed E-state index contributed by atoms with van der Waals surface area (Å²) in [6.07, 6.45) is 1.73. The highest BCUT2D eigenvalue weighted by molar-refractivity contribution is 5.33. The maximum Gasteiger partial charge on any atom is 0.122 e. The molecule has 0 amide bonds. The molecule has 1 aromatic rings. The van der Waals surface area contributed by atoms with Crippen LogP contribution in [0.4, 0.5) is 0 Å². The van der Waals surface area contributed by atoms with Crippen LogP contribution in [0.25, 0.3) is 0 Å². The maximum absolute atomic E-state index is 8.90. The predicted molar refractivity (Wildman–Crippen MR) is 62.2 cm³/mol. The minimum atomic E-state index is 0.171. The highest BCUT2D eigenvalue weighted by Gasteiger charge is 2.02. The smallest absolute Gasteiger partial charge is 0.122 e. The van der Waals surface area contributed by atoms with E-state index in [9.17, 15) is 0 Å². The van der Waals surface area contributed by atoms with Crippen LogP contribution < -0.4 is 4.74 Å². The largest absolute Gasteiger partial charge is 0.493 e. The lowest BCUT2D eigenvalue weighted by Gasteiger charge is -2.11. The van der Waals surface area contributed by atoms with Gasteiger partial charge in [-0.25, -0.2) is 0 Å². The van der Waals surface area contributed by atoms with Crippen molar-refractivity contribution in [1.29, 1.82) is 0 Å². The number of ether oxygens (including phenoxy) is 1. The Balaban J connectivity index is 2.51. The molecule has 0 saturated heterocycles. The monoisotopic (exact) mass is 208 g/mol. The lowest BCUT2D eigenvalue weighted by atomic mass is 10.1. The van der Waals surface area contributed by atoms with Crippen molar-refractivity contribution in [1.82, 2.24) is 0 Å². The fourth-order valence-electron chi connectivity index (χ4n) is 1.38. The number of benzene rings is 1. The average Bonchev–Trinajstić information content (AvgIpc) is 2.20. The lowest BCUT2D eigenvalue weighted by Crippen LogP contribution is -2.04. The van der Waals surface area contributed by atoms with Crippen molar-refractivity contribution < 1.29 is 9.84 Å². The Morgan fingerprint density at radius 2 is 2.00 bits per heavy atom. The van der Waals surface area contributed by atoms with E-state index in [2.05, 4.69) is 13.8 Å².